The summed E-state index contributed by atoms with van der Waals surface area (Å²) in [5, 5.41) is 0.0710. The van der Waals surface area contributed by atoms with Crippen LogP contribution in [0.2, 0.25) is 5.15 Å². The Hall–Kier alpha value is -1.56. The van der Waals surface area contributed by atoms with Gasteiger partial charge < -0.3 is 4.74 Å². The summed E-state index contributed by atoms with van der Waals surface area (Å²) in [6, 6.07) is 1.49. The van der Waals surface area contributed by atoms with E-state index in [1.165, 1.54) is 15.5 Å². The minimum atomic E-state index is -0.582. The second kappa shape index (κ2) is 4.28. The van der Waals surface area contributed by atoms with E-state index >= 15 is 0 Å². The number of anilines is 1. The van der Waals surface area contributed by atoms with Crippen LogP contribution < -0.4 is 10.6 Å². The molecule has 0 aromatic carbocycles. The number of ether oxygens (including phenoxy) is 1. The van der Waals surface area contributed by atoms with E-state index in [1.807, 2.05) is 0 Å². The van der Waals surface area contributed by atoms with Crippen LogP contribution in [0.15, 0.2) is 10.9 Å². The van der Waals surface area contributed by atoms with Crippen molar-refractivity contribution in [2.45, 2.75) is 32.9 Å². The summed E-state index contributed by atoms with van der Waals surface area (Å²) in [5.41, 5.74) is -1.04. The Kier molecular flexibility index (Phi) is 3.06. The first-order valence-electron chi connectivity index (χ1n) is 5.56. The van der Waals surface area contributed by atoms with Crippen molar-refractivity contribution in [3.8, 4) is 0 Å². The molecule has 0 N–H and O–H groups in total. The van der Waals surface area contributed by atoms with Crippen molar-refractivity contribution in [2.24, 2.45) is 0 Å². The quantitative estimate of drug-likeness (QED) is 0.673. The van der Waals surface area contributed by atoms with Gasteiger partial charge in [-0.05, 0) is 20.8 Å². The molecule has 0 saturated carbocycles. The first kappa shape index (κ1) is 12.9. The number of aromatic nitrogens is 2. The second-order valence-corrected chi connectivity index (χ2v) is 5.39. The predicted octanol–water partition coefficient (Wildman–Crippen LogP) is 1.65. The third kappa shape index (κ3) is 2.48. The Bertz CT molecular complexity index is 547. The number of nitrogens with zero attached hydrogens (tertiary/aromatic N) is 3. The van der Waals surface area contributed by atoms with Crippen molar-refractivity contribution >= 4 is 23.5 Å². The van der Waals surface area contributed by atoms with Crippen molar-refractivity contribution in [2.75, 3.05) is 11.4 Å². The van der Waals surface area contributed by atoms with Crippen LogP contribution in [0, 0.1) is 0 Å². The van der Waals surface area contributed by atoms with Crippen LogP contribution in [0.5, 0.6) is 0 Å². The van der Waals surface area contributed by atoms with E-state index < -0.39 is 17.4 Å². The predicted molar refractivity (Wildman–Crippen MR) is 67.1 cm³/mol. The fourth-order valence-electron chi connectivity index (χ4n) is 1.72. The minimum absolute atomic E-state index is 0.0710. The molecule has 1 aromatic heterocycles. The van der Waals surface area contributed by atoms with Crippen molar-refractivity contribution in [1.29, 1.82) is 0 Å². The number of hydrogen-bond donors (Lipinski definition) is 0. The monoisotopic (exact) mass is 271 g/mol. The van der Waals surface area contributed by atoms with Gasteiger partial charge in [0, 0.05) is 19.2 Å². The molecule has 98 valence electrons. The molecule has 0 aliphatic carbocycles. The van der Waals surface area contributed by atoms with Gasteiger partial charge in [-0.1, -0.05) is 11.6 Å². The topological polar surface area (TPSA) is 64.4 Å². The fraction of sp³-hybridized carbons (Fsp3) is 0.545. The van der Waals surface area contributed by atoms with Gasteiger partial charge in [-0.25, -0.2) is 9.59 Å². The molecular weight excluding hydrogens is 258 g/mol. The molecule has 0 fully saturated rings. The Morgan fingerprint density at radius 2 is 2.11 bits per heavy atom. The van der Waals surface area contributed by atoms with Crippen LogP contribution in [-0.2, 0) is 11.3 Å². The Morgan fingerprint density at radius 3 is 2.72 bits per heavy atom. The van der Waals surface area contributed by atoms with E-state index in [2.05, 4.69) is 4.98 Å². The number of carbonyl (C=O) groups excluding carboxylic acids is 1. The molecule has 18 heavy (non-hydrogen) atoms. The average molecular weight is 272 g/mol. The third-order valence-electron chi connectivity index (χ3n) is 2.40. The zero-order valence-corrected chi connectivity index (χ0v) is 11.2. The van der Waals surface area contributed by atoms with Gasteiger partial charge in [0.25, 0.3) is 0 Å². The lowest BCUT2D eigenvalue weighted by Crippen LogP contribution is -2.36. The van der Waals surface area contributed by atoms with Crippen LogP contribution >= 0.6 is 11.6 Å². The lowest BCUT2D eigenvalue weighted by molar-refractivity contribution is 0.0584. The fourth-order valence-corrected chi connectivity index (χ4v) is 1.89. The number of rotatable bonds is 0. The van der Waals surface area contributed by atoms with Gasteiger partial charge in [0.1, 0.15) is 16.6 Å². The van der Waals surface area contributed by atoms with E-state index in [0.717, 1.165) is 0 Å². The van der Waals surface area contributed by atoms with Crippen LogP contribution in [0.1, 0.15) is 20.8 Å². The standard InChI is InChI=1S/C11H14ClN3O3/c1-11(2,3)18-10(17)15-5-4-14-8(15)6-7(12)13-9(14)16/h6H,4-5H2,1-3H3. The first-order valence-corrected chi connectivity index (χ1v) is 5.93. The van der Waals surface area contributed by atoms with Crippen LogP contribution in [0.3, 0.4) is 0 Å². The number of fused-ring (bicyclic) bond motifs is 1. The molecule has 6 nitrogen and oxygen atoms in total. The molecule has 0 radical (unpaired) electrons. The van der Waals surface area contributed by atoms with Gasteiger partial charge in [0.2, 0.25) is 0 Å². The molecule has 0 spiro atoms. The molecule has 0 bridgehead atoms. The summed E-state index contributed by atoms with van der Waals surface area (Å²) in [6.45, 7) is 6.14. The van der Waals surface area contributed by atoms with Gasteiger partial charge in [0.05, 0.1) is 0 Å². The molecule has 2 rings (SSSR count). The Morgan fingerprint density at radius 1 is 1.44 bits per heavy atom. The molecule has 1 aromatic rings. The molecule has 0 saturated heterocycles. The van der Waals surface area contributed by atoms with E-state index in [9.17, 15) is 9.59 Å². The second-order valence-electron chi connectivity index (χ2n) is 5.00. The van der Waals surface area contributed by atoms with Gasteiger partial charge >= 0.3 is 11.8 Å². The Labute approximate surface area is 109 Å². The van der Waals surface area contributed by atoms with E-state index in [1.54, 1.807) is 20.8 Å². The number of hydrogen-bond acceptors (Lipinski definition) is 4. The van der Waals surface area contributed by atoms with Gasteiger partial charge in [-0.3, -0.25) is 9.47 Å². The first-order chi connectivity index (χ1) is 8.28. The molecule has 1 aliphatic rings. The van der Waals surface area contributed by atoms with Gasteiger partial charge in [0.15, 0.2) is 0 Å². The van der Waals surface area contributed by atoms with Crippen LogP contribution in [-0.4, -0.2) is 27.8 Å². The highest BCUT2D eigenvalue weighted by atomic mass is 35.5. The highest BCUT2D eigenvalue weighted by Gasteiger charge is 2.30. The van der Waals surface area contributed by atoms with Crippen LogP contribution in [0.4, 0.5) is 10.6 Å². The van der Waals surface area contributed by atoms with Crippen molar-refractivity contribution in [3.63, 3.8) is 0 Å². The Balaban J connectivity index is 2.32. The number of carbonyl (C=O) groups is 1. The SMILES string of the molecule is CC(C)(C)OC(=O)N1CCn2c1cc(Cl)nc2=O. The molecule has 0 unspecified atom stereocenters. The summed E-state index contributed by atoms with van der Waals surface area (Å²) < 4.78 is 6.66. The summed E-state index contributed by atoms with van der Waals surface area (Å²) in [5.74, 6) is 0.425. The largest absolute Gasteiger partial charge is 0.443 e. The zero-order valence-electron chi connectivity index (χ0n) is 10.4. The van der Waals surface area contributed by atoms with Crippen molar-refractivity contribution in [3.05, 3.63) is 21.7 Å². The normalized spacial score (nSPS) is 14.6. The molecule has 1 aliphatic heterocycles. The molecular formula is C11H14ClN3O3. The maximum Gasteiger partial charge on any atom is 0.416 e. The van der Waals surface area contributed by atoms with Gasteiger partial charge in [-0.2, -0.15) is 4.98 Å². The van der Waals surface area contributed by atoms with Crippen LogP contribution in [0.25, 0.3) is 0 Å². The molecule has 1 amide bonds. The molecule has 2 heterocycles. The van der Waals surface area contributed by atoms with E-state index in [-0.39, 0.29) is 5.15 Å². The zero-order chi connectivity index (χ0) is 13.5. The summed E-state index contributed by atoms with van der Waals surface area (Å²) in [4.78, 5) is 28.5. The maximum atomic E-state index is 12.0. The number of amides is 1. The summed E-state index contributed by atoms with van der Waals surface area (Å²) in [6.07, 6.45) is -0.490. The minimum Gasteiger partial charge on any atom is -0.443 e. The highest BCUT2D eigenvalue weighted by molar-refractivity contribution is 6.29. The van der Waals surface area contributed by atoms with Gasteiger partial charge in [-0.15, -0.1) is 0 Å². The smallest absolute Gasteiger partial charge is 0.416 e. The average Bonchev–Trinajstić information content (AvgIpc) is 2.58. The lowest BCUT2D eigenvalue weighted by Gasteiger charge is -2.24. The molecule has 0 atom stereocenters. The molecule has 7 heteroatoms. The third-order valence-corrected chi connectivity index (χ3v) is 2.59. The summed E-state index contributed by atoms with van der Waals surface area (Å²) >= 11 is 5.73. The lowest BCUT2D eigenvalue weighted by atomic mass is 10.2. The van der Waals surface area contributed by atoms with Crippen molar-refractivity contribution < 1.29 is 9.53 Å². The van der Waals surface area contributed by atoms with E-state index in [0.29, 0.717) is 18.9 Å². The summed E-state index contributed by atoms with van der Waals surface area (Å²) in [7, 11) is 0. The maximum absolute atomic E-state index is 12.0. The highest BCUT2D eigenvalue weighted by Crippen LogP contribution is 2.23. The number of halogens is 1. The van der Waals surface area contributed by atoms with E-state index in [4.69, 9.17) is 16.3 Å². The van der Waals surface area contributed by atoms with Crippen molar-refractivity contribution in [1.82, 2.24) is 9.55 Å².